The number of hydrogen-bond donors (Lipinski definition) is 0. The fraction of sp³-hybridized carbons (Fsp3) is 0.200. The topological polar surface area (TPSA) is 56.5 Å². The number of Topliss-reactive ketones (excluding diaryl/α,β-unsaturated/α-hetero) is 2. The van der Waals surface area contributed by atoms with Crippen LogP contribution in [0.3, 0.4) is 0 Å². The average molecular weight is 258 g/mol. The van der Waals surface area contributed by atoms with E-state index in [0.29, 0.717) is 17.1 Å². The first-order valence-corrected chi connectivity index (χ1v) is 5.94. The van der Waals surface area contributed by atoms with Gasteiger partial charge < -0.3 is 9.15 Å². The first-order valence-electron chi connectivity index (χ1n) is 5.94. The first-order chi connectivity index (χ1) is 9.20. The second-order valence-corrected chi connectivity index (χ2v) is 4.05. The summed E-state index contributed by atoms with van der Waals surface area (Å²) in [5.41, 5.74) is 0.577. The van der Waals surface area contributed by atoms with Crippen LogP contribution in [0, 0.1) is 0 Å². The van der Waals surface area contributed by atoms with Crippen molar-refractivity contribution in [3.8, 4) is 5.75 Å². The molecule has 0 fully saturated rings. The van der Waals surface area contributed by atoms with Crippen molar-refractivity contribution in [2.45, 2.75) is 12.8 Å². The van der Waals surface area contributed by atoms with Crippen LogP contribution in [0.5, 0.6) is 5.75 Å². The van der Waals surface area contributed by atoms with E-state index in [0.717, 1.165) is 0 Å². The zero-order chi connectivity index (χ0) is 13.7. The summed E-state index contributed by atoms with van der Waals surface area (Å²) in [5.74, 6) is 0.764. The van der Waals surface area contributed by atoms with Crippen LogP contribution in [0.1, 0.15) is 33.8 Å². The lowest BCUT2D eigenvalue weighted by molar-refractivity contribution is 0.0902. The van der Waals surface area contributed by atoms with E-state index in [-0.39, 0.29) is 24.4 Å². The monoisotopic (exact) mass is 258 g/mol. The largest absolute Gasteiger partial charge is 0.497 e. The Morgan fingerprint density at radius 1 is 1.05 bits per heavy atom. The average Bonchev–Trinajstić information content (AvgIpc) is 2.98. The Hall–Kier alpha value is -2.36. The molecule has 1 aromatic heterocycles. The lowest BCUT2D eigenvalue weighted by Crippen LogP contribution is -2.04. The second kappa shape index (κ2) is 6.00. The minimum absolute atomic E-state index is 0.0671. The quantitative estimate of drug-likeness (QED) is 0.747. The third-order valence-corrected chi connectivity index (χ3v) is 2.79. The Bertz CT molecular complexity index is 552. The summed E-state index contributed by atoms with van der Waals surface area (Å²) in [4.78, 5) is 23.6. The molecule has 19 heavy (non-hydrogen) atoms. The molecule has 0 aliphatic heterocycles. The van der Waals surface area contributed by atoms with Crippen LogP contribution >= 0.6 is 0 Å². The van der Waals surface area contributed by atoms with Crippen LogP contribution < -0.4 is 4.74 Å². The Labute approximate surface area is 111 Å². The number of ether oxygens (including phenoxy) is 1. The maximum absolute atomic E-state index is 11.9. The lowest BCUT2D eigenvalue weighted by Gasteiger charge is -2.02. The van der Waals surface area contributed by atoms with Gasteiger partial charge in [-0.05, 0) is 36.4 Å². The summed E-state index contributed by atoms with van der Waals surface area (Å²) in [7, 11) is 1.57. The zero-order valence-corrected chi connectivity index (χ0v) is 10.6. The van der Waals surface area contributed by atoms with Crippen LogP contribution in [0.4, 0.5) is 0 Å². The zero-order valence-electron chi connectivity index (χ0n) is 10.6. The van der Waals surface area contributed by atoms with Gasteiger partial charge in [0.1, 0.15) is 5.75 Å². The van der Waals surface area contributed by atoms with E-state index >= 15 is 0 Å². The first kappa shape index (κ1) is 13.1. The summed E-state index contributed by atoms with van der Waals surface area (Å²) in [5, 5.41) is 0. The molecule has 0 amide bonds. The van der Waals surface area contributed by atoms with E-state index in [2.05, 4.69) is 0 Å². The van der Waals surface area contributed by atoms with Crippen molar-refractivity contribution in [3.05, 3.63) is 54.0 Å². The number of hydrogen-bond acceptors (Lipinski definition) is 4. The molecule has 0 spiro atoms. The molecule has 0 unspecified atom stereocenters. The molecular weight excluding hydrogens is 244 g/mol. The van der Waals surface area contributed by atoms with Gasteiger partial charge in [0.2, 0.25) is 0 Å². The van der Waals surface area contributed by atoms with Gasteiger partial charge in [-0.3, -0.25) is 9.59 Å². The van der Waals surface area contributed by atoms with E-state index in [1.165, 1.54) is 6.26 Å². The van der Waals surface area contributed by atoms with Crippen LogP contribution in [0.2, 0.25) is 0 Å². The minimum Gasteiger partial charge on any atom is -0.497 e. The summed E-state index contributed by atoms with van der Waals surface area (Å²) >= 11 is 0. The van der Waals surface area contributed by atoms with Gasteiger partial charge in [0, 0.05) is 18.4 Å². The van der Waals surface area contributed by atoms with Gasteiger partial charge >= 0.3 is 0 Å². The molecule has 0 saturated heterocycles. The molecule has 2 aromatic rings. The minimum atomic E-state index is -0.160. The van der Waals surface area contributed by atoms with Crippen LogP contribution in [0.15, 0.2) is 47.1 Å². The van der Waals surface area contributed by atoms with Crippen LogP contribution in [0.25, 0.3) is 0 Å². The molecule has 2 rings (SSSR count). The van der Waals surface area contributed by atoms with Gasteiger partial charge in [0.05, 0.1) is 13.4 Å². The molecule has 0 N–H and O–H groups in total. The molecule has 1 aromatic carbocycles. The third kappa shape index (κ3) is 3.31. The molecule has 0 aliphatic rings. The molecule has 0 aliphatic carbocycles. The fourth-order valence-corrected chi connectivity index (χ4v) is 1.71. The molecule has 0 atom stereocenters. The number of carbonyl (C=O) groups excluding carboxylic acids is 2. The molecule has 1 heterocycles. The number of ketones is 2. The van der Waals surface area contributed by atoms with Gasteiger partial charge in [-0.2, -0.15) is 0 Å². The lowest BCUT2D eigenvalue weighted by atomic mass is 10.0. The normalized spacial score (nSPS) is 10.2. The van der Waals surface area contributed by atoms with Crippen molar-refractivity contribution >= 4 is 11.6 Å². The molecule has 4 heteroatoms. The molecule has 98 valence electrons. The van der Waals surface area contributed by atoms with Crippen molar-refractivity contribution in [2.24, 2.45) is 0 Å². The molecule has 0 saturated carbocycles. The number of benzene rings is 1. The van der Waals surface area contributed by atoms with Crippen molar-refractivity contribution in [1.82, 2.24) is 0 Å². The third-order valence-electron chi connectivity index (χ3n) is 2.79. The van der Waals surface area contributed by atoms with Gasteiger partial charge in [-0.1, -0.05) is 0 Å². The van der Waals surface area contributed by atoms with Crippen LogP contribution in [-0.2, 0) is 0 Å². The van der Waals surface area contributed by atoms with Crippen LogP contribution in [-0.4, -0.2) is 18.7 Å². The number of carbonyl (C=O) groups is 2. The highest BCUT2D eigenvalue weighted by Crippen LogP contribution is 2.14. The second-order valence-electron chi connectivity index (χ2n) is 4.05. The smallest absolute Gasteiger partial charge is 0.198 e. The fourth-order valence-electron chi connectivity index (χ4n) is 1.71. The number of rotatable bonds is 6. The Morgan fingerprint density at radius 2 is 1.74 bits per heavy atom. The highest BCUT2D eigenvalue weighted by Gasteiger charge is 2.12. The summed E-state index contributed by atoms with van der Waals surface area (Å²) in [6.07, 6.45) is 1.77. The molecular formula is C15H14O4. The number of methoxy groups -OCH3 is 1. The predicted octanol–water partition coefficient (Wildman–Crippen LogP) is 3.13. The Kier molecular flexibility index (Phi) is 4.13. The summed E-state index contributed by atoms with van der Waals surface area (Å²) < 4.78 is 10.0. The van der Waals surface area contributed by atoms with E-state index < -0.39 is 0 Å². The maximum atomic E-state index is 11.9. The summed E-state index contributed by atoms with van der Waals surface area (Å²) in [6, 6.07) is 10.1. The SMILES string of the molecule is COc1ccc(C(=O)CCC(=O)c2ccco2)cc1. The highest BCUT2D eigenvalue weighted by atomic mass is 16.5. The van der Waals surface area contributed by atoms with Gasteiger partial charge in [-0.15, -0.1) is 0 Å². The molecule has 0 radical (unpaired) electrons. The molecule has 0 bridgehead atoms. The van der Waals surface area contributed by atoms with Crippen molar-refractivity contribution in [1.29, 1.82) is 0 Å². The van der Waals surface area contributed by atoms with E-state index in [9.17, 15) is 9.59 Å². The van der Waals surface area contributed by atoms with E-state index in [1.807, 2.05) is 0 Å². The highest BCUT2D eigenvalue weighted by molar-refractivity contribution is 6.01. The Morgan fingerprint density at radius 3 is 2.32 bits per heavy atom. The van der Waals surface area contributed by atoms with E-state index in [1.54, 1.807) is 43.5 Å². The number of furan rings is 1. The van der Waals surface area contributed by atoms with Gasteiger partial charge in [-0.25, -0.2) is 0 Å². The molecule has 4 nitrogen and oxygen atoms in total. The standard InChI is InChI=1S/C15H14O4/c1-18-12-6-4-11(5-7-12)13(16)8-9-14(17)15-3-2-10-19-15/h2-7,10H,8-9H2,1H3. The predicted molar refractivity (Wildman–Crippen MR) is 69.6 cm³/mol. The van der Waals surface area contributed by atoms with Crippen molar-refractivity contribution in [3.63, 3.8) is 0 Å². The van der Waals surface area contributed by atoms with Gasteiger partial charge in [0.15, 0.2) is 17.3 Å². The van der Waals surface area contributed by atoms with Gasteiger partial charge in [0.25, 0.3) is 0 Å². The maximum Gasteiger partial charge on any atom is 0.198 e. The Balaban J connectivity index is 1.92. The van der Waals surface area contributed by atoms with Crippen molar-refractivity contribution in [2.75, 3.05) is 7.11 Å². The van der Waals surface area contributed by atoms with Crippen molar-refractivity contribution < 1.29 is 18.7 Å². The van der Waals surface area contributed by atoms with E-state index in [4.69, 9.17) is 9.15 Å². The summed E-state index contributed by atoms with van der Waals surface area (Å²) in [6.45, 7) is 0.